The quantitative estimate of drug-likeness (QED) is 0.382. The standard InChI is InChI=1S/C25H26N4O3S2/c1-18(25-27-22-14-7-8-15-23(22)33-25)28(2)17-24(30)26-19-10-9-13-21(16-19)34(31,32)29(3)20-11-5-4-6-12-20/h4-16,18H,17H2,1-3H3,(H,26,30). The van der Waals surface area contributed by atoms with Gasteiger partial charge in [-0.3, -0.25) is 14.0 Å². The van der Waals surface area contributed by atoms with Gasteiger partial charge in [0.1, 0.15) is 5.01 Å². The number of nitrogens with one attached hydrogen (secondary N) is 1. The zero-order chi connectivity index (χ0) is 24.3. The number of hydrogen-bond donors (Lipinski definition) is 1. The number of carbonyl (C=O) groups excluding carboxylic acids is 1. The lowest BCUT2D eigenvalue weighted by Crippen LogP contribution is -2.32. The largest absolute Gasteiger partial charge is 0.325 e. The number of sulfonamides is 1. The van der Waals surface area contributed by atoms with E-state index in [4.69, 9.17) is 0 Å². The summed E-state index contributed by atoms with van der Waals surface area (Å²) in [6.45, 7) is 2.15. The summed E-state index contributed by atoms with van der Waals surface area (Å²) in [4.78, 5) is 19.4. The van der Waals surface area contributed by atoms with Crippen molar-refractivity contribution in [3.63, 3.8) is 0 Å². The summed E-state index contributed by atoms with van der Waals surface area (Å²) >= 11 is 1.61. The number of hydrogen-bond acceptors (Lipinski definition) is 6. The summed E-state index contributed by atoms with van der Waals surface area (Å²) in [6.07, 6.45) is 0. The summed E-state index contributed by atoms with van der Waals surface area (Å²) in [5.74, 6) is -0.235. The Balaban J connectivity index is 1.43. The van der Waals surface area contributed by atoms with Gasteiger partial charge in [0.15, 0.2) is 0 Å². The molecule has 176 valence electrons. The fourth-order valence-electron chi connectivity index (χ4n) is 3.49. The number of para-hydroxylation sites is 2. The Labute approximate surface area is 203 Å². The van der Waals surface area contributed by atoms with Gasteiger partial charge in [0.25, 0.3) is 10.0 Å². The number of rotatable bonds is 8. The summed E-state index contributed by atoms with van der Waals surface area (Å²) in [5.41, 5.74) is 1.93. The van der Waals surface area contributed by atoms with Gasteiger partial charge in [-0.15, -0.1) is 11.3 Å². The lowest BCUT2D eigenvalue weighted by Gasteiger charge is -2.22. The monoisotopic (exact) mass is 494 g/mol. The van der Waals surface area contributed by atoms with Crippen molar-refractivity contribution < 1.29 is 13.2 Å². The number of thiazole rings is 1. The van der Waals surface area contributed by atoms with E-state index in [9.17, 15) is 13.2 Å². The van der Waals surface area contributed by atoms with E-state index in [0.717, 1.165) is 15.2 Å². The van der Waals surface area contributed by atoms with Crippen LogP contribution in [0.2, 0.25) is 0 Å². The first-order chi connectivity index (χ1) is 16.3. The van der Waals surface area contributed by atoms with E-state index < -0.39 is 10.0 Å². The SMILES string of the molecule is CC(c1nc2ccccc2s1)N(C)CC(=O)Nc1cccc(S(=O)(=O)N(C)c2ccccc2)c1. The molecule has 4 aromatic rings. The molecule has 3 aromatic carbocycles. The minimum absolute atomic E-state index is 0.0469. The van der Waals surface area contributed by atoms with Crippen LogP contribution in [0.25, 0.3) is 10.2 Å². The molecule has 1 amide bonds. The van der Waals surface area contributed by atoms with Crippen molar-refractivity contribution in [2.24, 2.45) is 0 Å². The van der Waals surface area contributed by atoms with Crippen LogP contribution in [0, 0.1) is 0 Å². The van der Waals surface area contributed by atoms with Crippen LogP contribution >= 0.6 is 11.3 Å². The number of nitrogens with zero attached hydrogens (tertiary/aromatic N) is 3. The van der Waals surface area contributed by atoms with E-state index in [-0.39, 0.29) is 23.4 Å². The van der Waals surface area contributed by atoms with Crippen molar-refractivity contribution in [2.75, 3.05) is 30.3 Å². The number of fused-ring (bicyclic) bond motifs is 1. The van der Waals surface area contributed by atoms with E-state index in [2.05, 4.69) is 10.3 Å². The van der Waals surface area contributed by atoms with Crippen LogP contribution in [0.4, 0.5) is 11.4 Å². The maximum atomic E-state index is 13.1. The molecule has 0 fully saturated rings. The first-order valence-corrected chi connectivity index (χ1v) is 13.0. The van der Waals surface area contributed by atoms with Crippen LogP contribution in [0.1, 0.15) is 18.0 Å². The normalized spacial score (nSPS) is 12.6. The van der Waals surface area contributed by atoms with Gasteiger partial charge >= 0.3 is 0 Å². The molecule has 1 atom stereocenters. The molecule has 1 unspecified atom stereocenters. The van der Waals surface area contributed by atoms with Crippen molar-refractivity contribution in [3.05, 3.63) is 83.9 Å². The van der Waals surface area contributed by atoms with Crippen molar-refractivity contribution in [1.29, 1.82) is 0 Å². The molecule has 34 heavy (non-hydrogen) atoms. The molecule has 0 bridgehead atoms. The Morgan fingerprint density at radius 2 is 1.71 bits per heavy atom. The molecule has 9 heteroatoms. The van der Waals surface area contributed by atoms with Crippen molar-refractivity contribution in [2.45, 2.75) is 17.9 Å². The molecule has 7 nitrogen and oxygen atoms in total. The highest BCUT2D eigenvalue weighted by Crippen LogP contribution is 2.29. The lowest BCUT2D eigenvalue weighted by molar-refractivity contribution is -0.117. The Morgan fingerprint density at radius 1 is 1.00 bits per heavy atom. The van der Waals surface area contributed by atoms with Crippen molar-refractivity contribution in [1.82, 2.24) is 9.88 Å². The van der Waals surface area contributed by atoms with Crippen LogP contribution in [-0.2, 0) is 14.8 Å². The van der Waals surface area contributed by atoms with Gasteiger partial charge < -0.3 is 5.32 Å². The molecule has 0 saturated carbocycles. The second-order valence-electron chi connectivity index (χ2n) is 8.00. The van der Waals surface area contributed by atoms with Crippen LogP contribution in [0.15, 0.2) is 83.8 Å². The summed E-state index contributed by atoms with van der Waals surface area (Å²) in [7, 11) is -0.396. The highest BCUT2D eigenvalue weighted by atomic mass is 32.2. The van der Waals surface area contributed by atoms with Gasteiger partial charge in [0.2, 0.25) is 5.91 Å². The van der Waals surface area contributed by atoms with Gasteiger partial charge in [0.05, 0.1) is 33.4 Å². The summed E-state index contributed by atoms with van der Waals surface area (Å²) in [5, 5.41) is 3.75. The molecule has 0 saturated heterocycles. The van der Waals surface area contributed by atoms with E-state index in [1.165, 1.54) is 23.5 Å². The molecule has 0 radical (unpaired) electrons. The molecule has 1 heterocycles. The average Bonchev–Trinajstić information content (AvgIpc) is 3.28. The molecule has 0 spiro atoms. The van der Waals surface area contributed by atoms with Crippen molar-refractivity contribution >= 4 is 48.9 Å². The lowest BCUT2D eigenvalue weighted by atomic mass is 10.3. The van der Waals surface area contributed by atoms with Gasteiger partial charge in [-0.25, -0.2) is 13.4 Å². The number of likely N-dealkylation sites (N-methyl/N-ethyl adjacent to an activating group) is 1. The van der Waals surface area contributed by atoms with Crippen LogP contribution in [0.3, 0.4) is 0 Å². The van der Waals surface area contributed by atoms with E-state index in [0.29, 0.717) is 11.4 Å². The molecule has 1 aromatic heterocycles. The topological polar surface area (TPSA) is 82.6 Å². The first-order valence-electron chi connectivity index (χ1n) is 10.8. The Hall–Kier alpha value is -3.27. The number of aromatic nitrogens is 1. The van der Waals surface area contributed by atoms with Gasteiger partial charge in [-0.05, 0) is 56.4 Å². The van der Waals surface area contributed by atoms with Crippen molar-refractivity contribution in [3.8, 4) is 0 Å². The molecule has 1 N–H and O–H groups in total. The molecule has 0 aliphatic heterocycles. The minimum atomic E-state index is -3.77. The third-order valence-electron chi connectivity index (χ3n) is 5.62. The predicted octanol–water partition coefficient (Wildman–Crippen LogP) is 4.75. The fraction of sp³-hybridized carbons (Fsp3) is 0.200. The van der Waals surface area contributed by atoms with E-state index >= 15 is 0 Å². The zero-order valence-corrected chi connectivity index (χ0v) is 20.8. The molecule has 0 aliphatic rings. The third-order valence-corrected chi connectivity index (χ3v) is 8.61. The summed E-state index contributed by atoms with van der Waals surface area (Å²) < 4.78 is 28.5. The van der Waals surface area contributed by atoms with Gasteiger partial charge in [0, 0.05) is 12.7 Å². The second-order valence-corrected chi connectivity index (χ2v) is 11.0. The third kappa shape index (κ3) is 5.11. The van der Waals surface area contributed by atoms with Gasteiger partial charge in [-0.1, -0.05) is 36.4 Å². The number of amides is 1. The van der Waals surface area contributed by atoms with Crippen LogP contribution in [-0.4, -0.2) is 44.8 Å². The highest BCUT2D eigenvalue weighted by Gasteiger charge is 2.22. The highest BCUT2D eigenvalue weighted by molar-refractivity contribution is 7.92. The smallest absolute Gasteiger partial charge is 0.264 e. The molecular weight excluding hydrogens is 468 g/mol. The fourth-order valence-corrected chi connectivity index (χ4v) is 5.82. The van der Waals surface area contributed by atoms with Gasteiger partial charge in [-0.2, -0.15) is 0 Å². The maximum absolute atomic E-state index is 13.1. The van der Waals surface area contributed by atoms with Crippen LogP contribution < -0.4 is 9.62 Å². The Kier molecular flexibility index (Phi) is 6.97. The Morgan fingerprint density at radius 3 is 2.44 bits per heavy atom. The molecule has 4 rings (SSSR count). The van der Waals surface area contributed by atoms with E-state index in [1.807, 2.05) is 49.2 Å². The number of anilines is 2. The molecule has 0 aliphatic carbocycles. The van der Waals surface area contributed by atoms with Crippen LogP contribution in [0.5, 0.6) is 0 Å². The summed E-state index contributed by atoms with van der Waals surface area (Å²) in [6, 6.07) is 23.0. The predicted molar refractivity (Wildman–Crippen MR) is 138 cm³/mol. The Bertz CT molecular complexity index is 1370. The molecular formula is C25H26N4O3S2. The zero-order valence-electron chi connectivity index (χ0n) is 19.2. The number of benzene rings is 3. The minimum Gasteiger partial charge on any atom is -0.325 e. The maximum Gasteiger partial charge on any atom is 0.264 e. The van der Waals surface area contributed by atoms with E-state index in [1.54, 1.807) is 47.7 Å². The number of carbonyl (C=O) groups is 1. The second kappa shape index (κ2) is 9.92. The average molecular weight is 495 g/mol. The first kappa shape index (κ1) is 23.9.